The molecule has 0 bridgehead atoms. The standard InChI is InChI=1S/C44H52Si/c1-7-11-15-35-29-41-37(33-25-21-31(9-3)22-26-33)17-13-19-39(41)43(35)45(5,6)44-36(16-12-8-2)30-42-38(18-14-20-40(42)44)34-27-23-32(10-4)24-28-34/h13-14,17-30,43-44H,7-12,15-16H2,1-6H3. The Morgan fingerprint density at radius 1 is 0.511 bits per heavy atom. The number of rotatable bonds is 12. The molecule has 0 nitrogen and oxygen atoms in total. The van der Waals surface area contributed by atoms with Crippen molar-refractivity contribution in [1.29, 1.82) is 0 Å². The van der Waals surface area contributed by atoms with Gasteiger partial charge in [-0.1, -0.05) is 162 Å². The highest BCUT2D eigenvalue weighted by Gasteiger charge is 2.48. The third kappa shape index (κ3) is 5.97. The summed E-state index contributed by atoms with van der Waals surface area (Å²) >= 11 is 0. The van der Waals surface area contributed by atoms with Gasteiger partial charge < -0.3 is 0 Å². The average molecular weight is 609 g/mol. The minimum absolute atomic E-state index is 0.530. The van der Waals surface area contributed by atoms with Crippen molar-refractivity contribution in [2.24, 2.45) is 0 Å². The van der Waals surface area contributed by atoms with Crippen LogP contribution in [0.5, 0.6) is 0 Å². The van der Waals surface area contributed by atoms with Crippen LogP contribution in [0, 0.1) is 0 Å². The fourth-order valence-electron chi connectivity index (χ4n) is 8.39. The van der Waals surface area contributed by atoms with E-state index in [2.05, 4.69) is 138 Å². The minimum atomic E-state index is -1.98. The summed E-state index contributed by atoms with van der Waals surface area (Å²) in [6.45, 7) is 14.6. The molecule has 0 aliphatic heterocycles. The maximum atomic E-state index is 2.72. The lowest BCUT2D eigenvalue weighted by molar-refractivity contribution is 0.750. The average Bonchev–Trinajstić information content (AvgIpc) is 3.65. The van der Waals surface area contributed by atoms with Crippen molar-refractivity contribution >= 4 is 20.2 Å². The summed E-state index contributed by atoms with van der Waals surface area (Å²) in [6, 6.07) is 33.0. The van der Waals surface area contributed by atoms with E-state index in [-0.39, 0.29) is 0 Å². The quantitative estimate of drug-likeness (QED) is 0.140. The Hall–Kier alpha value is -3.42. The first kappa shape index (κ1) is 31.6. The van der Waals surface area contributed by atoms with Crippen LogP contribution in [-0.2, 0) is 12.8 Å². The molecule has 45 heavy (non-hydrogen) atoms. The molecule has 2 unspecified atom stereocenters. The number of unbranched alkanes of at least 4 members (excludes halogenated alkanes) is 2. The van der Waals surface area contributed by atoms with Crippen LogP contribution < -0.4 is 0 Å². The maximum Gasteiger partial charge on any atom is 0.0722 e. The van der Waals surface area contributed by atoms with Crippen LogP contribution in [0.4, 0.5) is 0 Å². The Morgan fingerprint density at radius 2 is 0.911 bits per heavy atom. The third-order valence-electron chi connectivity index (χ3n) is 10.8. The van der Waals surface area contributed by atoms with Crippen molar-refractivity contribution in [3.63, 3.8) is 0 Å². The van der Waals surface area contributed by atoms with Crippen molar-refractivity contribution in [1.82, 2.24) is 0 Å². The van der Waals surface area contributed by atoms with Crippen LogP contribution in [0.2, 0.25) is 13.1 Å². The van der Waals surface area contributed by atoms with E-state index in [0.29, 0.717) is 11.1 Å². The van der Waals surface area contributed by atoms with E-state index in [4.69, 9.17) is 0 Å². The second-order valence-electron chi connectivity index (χ2n) is 14.1. The first-order valence-electron chi connectivity index (χ1n) is 17.8. The first-order valence-corrected chi connectivity index (χ1v) is 20.9. The highest BCUT2D eigenvalue weighted by atomic mass is 28.3. The molecular formula is C44H52Si. The number of fused-ring (bicyclic) bond motifs is 2. The maximum absolute atomic E-state index is 2.72. The predicted molar refractivity (Wildman–Crippen MR) is 200 cm³/mol. The van der Waals surface area contributed by atoms with Gasteiger partial charge in [-0.3, -0.25) is 0 Å². The van der Waals surface area contributed by atoms with Crippen molar-refractivity contribution in [2.45, 2.75) is 103 Å². The van der Waals surface area contributed by atoms with E-state index in [1.54, 1.807) is 22.3 Å². The number of hydrogen-bond acceptors (Lipinski definition) is 0. The molecule has 2 aliphatic carbocycles. The Bertz CT molecular complexity index is 1570. The van der Waals surface area contributed by atoms with Gasteiger partial charge in [-0.05, 0) is 94.2 Å². The summed E-state index contributed by atoms with van der Waals surface area (Å²) in [5, 5.41) is 0. The first-order chi connectivity index (χ1) is 21.9. The number of benzene rings is 4. The molecule has 4 aromatic carbocycles. The molecule has 0 N–H and O–H groups in total. The zero-order chi connectivity index (χ0) is 31.6. The Kier molecular flexibility index (Phi) is 9.48. The molecule has 0 saturated carbocycles. The van der Waals surface area contributed by atoms with Gasteiger partial charge in [0.05, 0.1) is 8.07 Å². The van der Waals surface area contributed by atoms with Crippen molar-refractivity contribution in [2.75, 3.05) is 0 Å². The molecule has 0 fully saturated rings. The van der Waals surface area contributed by atoms with E-state index in [9.17, 15) is 0 Å². The summed E-state index contributed by atoms with van der Waals surface area (Å²) in [6.07, 6.45) is 14.8. The molecular weight excluding hydrogens is 557 g/mol. The highest BCUT2D eigenvalue weighted by Crippen LogP contribution is 2.56. The molecule has 1 heteroatoms. The van der Waals surface area contributed by atoms with E-state index < -0.39 is 8.07 Å². The second-order valence-corrected chi connectivity index (χ2v) is 18.8. The molecule has 0 heterocycles. The third-order valence-corrected chi connectivity index (χ3v) is 15.1. The highest BCUT2D eigenvalue weighted by molar-refractivity contribution is 6.81. The van der Waals surface area contributed by atoms with Gasteiger partial charge in [0.1, 0.15) is 0 Å². The van der Waals surface area contributed by atoms with Gasteiger partial charge >= 0.3 is 0 Å². The molecule has 2 aliphatic rings. The van der Waals surface area contributed by atoms with Crippen LogP contribution in [0.15, 0.2) is 96.1 Å². The van der Waals surface area contributed by atoms with Crippen LogP contribution in [0.1, 0.15) is 111 Å². The monoisotopic (exact) mass is 608 g/mol. The zero-order valence-electron chi connectivity index (χ0n) is 28.5. The smallest absolute Gasteiger partial charge is 0.0679 e. The fourth-order valence-corrected chi connectivity index (χ4v) is 13.2. The van der Waals surface area contributed by atoms with E-state index in [1.807, 2.05) is 0 Å². The number of aryl methyl sites for hydroxylation is 2. The predicted octanol–water partition coefficient (Wildman–Crippen LogP) is 13.0. The fraction of sp³-hybridized carbons (Fsp3) is 0.364. The number of hydrogen-bond donors (Lipinski definition) is 0. The van der Waals surface area contributed by atoms with Gasteiger partial charge in [0.2, 0.25) is 0 Å². The van der Waals surface area contributed by atoms with E-state index in [1.165, 1.54) is 83.0 Å². The Labute approximate surface area is 274 Å². The molecule has 0 radical (unpaired) electrons. The molecule has 0 amide bonds. The van der Waals surface area contributed by atoms with E-state index >= 15 is 0 Å². The topological polar surface area (TPSA) is 0 Å². The lowest BCUT2D eigenvalue weighted by atomic mass is 9.96. The van der Waals surface area contributed by atoms with Crippen LogP contribution in [-0.4, -0.2) is 8.07 Å². The molecule has 0 aromatic heterocycles. The number of allylic oxidation sites excluding steroid dienone is 2. The molecule has 6 rings (SSSR count). The molecule has 2 atom stereocenters. The van der Waals surface area contributed by atoms with Crippen molar-refractivity contribution in [3.8, 4) is 22.3 Å². The Balaban J connectivity index is 1.47. The largest absolute Gasteiger partial charge is 0.0722 e. The molecule has 0 saturated heterocycles. The molecule has 232 valence electrons. The van der Waals surface area contributed by atoms with Gasteiger partial charge in [0.25, 0.3) is 0 Å². The molecule has 4 aromatic rings. The van der Waals surface area contributed by atoms with Crippen LogP contribution in [0.25, 0.3) is 34.4 Å². The van der Waals surface area contributed by atoms with Crippen LogP contribution >= 0.6 is 0 Å². The lowest BCUT2D eigenvalue weighted by Gasteiger charge is -2.40. The van der Waals surface area contributed by atoms with Crippen molar-refractivity contribution in [3.05, 3.63) is 129 Å². The Morgan fingerprint density at radius 3 is 1.27 bits per heavy atom. The minimum Gasteiger partial charge on any atom is -0.0679 e. The summed E-state index contributed by atoms with van der Waals surface area (Å²) < 4.78 is 0. The van der Waals surface area contributed by atoms with Gasteiger partial charge in [0, 0.05) is 11.1 Å². The van der Waals surface area contributed by atoms with Gasteiger partial charge in [0.15, 0.2) is 0 Å². The normalized spacial score (nSPS) is 17.2. The zero-order valence-corrected chi connectivity index (χ0v) is 29.5. The van der Waals surface area contributed by atoms with Crippen LogP contribution in [0.3, 0.4) is 0 Å². The summed E-state index contributed by atoms with van der Waals surface area (Å²) in [7, 11) is -1.98. The van der Waals surface area contributed by atoms with Gasteiger partial charge in [-0.15, -0.1) is 0 Å². The summed E-state index contributed by atoms with van der Waals surface area (Å²) in [4.78, 5) is 0. The summed E-state index contributed by atoms with van der Waals surface area (Å²) in [5.41, 5.74) is 18.9. The second kappa shape index (κ2) is 13.5. The van der Waals surface area contributed by atoms with E-state index in [0.717, 1.165) is 12.8 Å². The lowest BCUT2D eigenvalue weighted by Crippen LogP contribution is -2.43. The van der Waals surface area contributed by atoms with Gasteiger partial charge in [-0.25, -0.2) is 0 Å². The van der Waals surface area contributed by atoms with Crippen molar-refractivity contribution < 1.29 is 0 Å². The summed E-state index contributed by atoms with van der Waals surface area (Å²) in [5.74, 6) is 0. The van der Waals surface area contributed by atoms with Gasteiger partial charge in [-0.2, -0.15) is 0 Å². The SMILES string of the molecule is CCCCC1=Cc2c(-c3ccc(CC)cc3)cccc2C1[Si](C)(C)C1C(CCCC)=Cc2c(-c3ccc(CC)cc3)cccc21. The molecule has 0 spiro atoms.